The Morgan fingerprint density at radius 2 is 2.07 bits per heavy atom. The molecular formula is C21H23ClN4O3. The maximum Gasteiger partial charge on any atom is 0.255 e. The van der Waals surface area contributed by atoms with E-state index in [-0.39, 0.29) is 5.91 Å². The lowest BCUT2D eigenvalue weighted by molar-refractivity contribution is 0.102. The number of nitrogens with one attached hydrogen (secondary N) is 1. The van der Waals surface area contributed by atoms with E-state index in [0.29, 0.717) is 34.4 Å². The van der Waals surface area contributed by atoms with E-state index >= 15 is 0 Å². The Hall–Kier alpha value is -3.06. The van der Waals surface area contributed by atoms with Crippen LogP contribution in [-0.2, 0) is 6.54 Å². The third kappa shape index (κ3) is 4.68. The van der Waals surface area contributed by atoms with E-state index in [1.165, 1.54) is 7.11 Å². The van der Waals surface area contributed by atoms with Crippen molar-refractivity contribution >= 4 is 23.2 Å². The number of hydrogen-bond acceptors (Lipinski definition) is 5. The number of aromatic nitrogens is 3. The summed E-state index contributed by atoms with van der Waals surface area (Å²) in [5.41, 5.74) is 1.87. The van der Waals surface area contributed by atoms with Crippen molar-refractivity contribution in [2.24, 2.45) is 0 Å². The predicted octanol–water partition coefficient (Wildman–Crippen LogP) is 4.67. The van der Waals surface area contributed by atoms with Crippen LogP contribution < -0.4 is 14.8 Å². The maximum atomic E-state index is 12.8. The van der Waals surface area contributed by atoms with Gasteiger partial charge in [-0.25, -0.2) is 0 Å². The van der Waals surface area contributed by atoms with Crippen LogP contribution >= 0.6 is 11.6 Å². The van der Waals surface area contributed by atoms with Crippen molar-refractivity contribution in [3.8, 4) is 22.9 Å². The van der Waals surface area contributed by atoms with Crippen LogP contribution in [0.2, 0.25) is 5.02 Å². The van der Waals surface area contributed by atoms with E-state index < -0.39 is 0 Å². The fourth-order valence-electron chi connectivity index (χ4n) is 2.84. The van der Waals surface area contributed by atoms with Crippen molar-refractivity contribution in [1.82, 2.24) is 14.8 Å². The Morgan fingerprint density at radius 1 is 1.24 bits per heavy atom. The normalized spacial score (nSPS) is 10.6. The summed E-state index contributed by atoms with van der Waals surface area (Å²) in [6, 6.07) is 10.6. The minimum atomic E-state index is -0.304. The summed E-state index contributed by atoms with van der Waals surface area (Å²) in [7, 11) is 1.51. The van der Waals surface area contributed by atoms with Gasteiger partial charge in [0.1, 0.15) is 6.33 Å². The molecule has 0 saturated carbocycles. The highest BCUT2D eigenvalue weighted by molar-refractivity contribution is 6.32. The fourth-order valence-corrected chi connectivity index (χ4v) is 3.11. The van der Waals surface area contributed by atoms with Gasteiger partial charge >= 0.3 is 0 Å². The average Bonchev–Trinajstić information content (AvgIpc) is 3.21. The van der Waals surface area contributed by atoms with Gasteiger partial charge in [-0.15, -0.1) is 10.2 Å². The van der Waals surface area contributed by atoms with Crippen molar-refractivity contribution < 1.29 is 14.3 Å². The van der Waals surface area contributed by atoms with E-state index in [9.17, 15) is 4.79 Å². The number of carbonyl (C=O) groups is 1. The number of nitrogens with zero attached hydrogens (tertiary/aromatic N) is 3. The van der Waals surface area contributed by atoms with Gasteiger partial charge in [-0.3, -0.25) is 4.79 Å². The van der Waals surface area contributed by atoms with E-state index in [0.717, 1.165) is 24.4 Å². The third-order valence-corrected chi connectivity index (χ3v) is 4.56. The van der Waals surface area contributed by atoms with Crippen LogP contribution in [0.3, 0.4) is 0 Å². The van der Waals surface area contributed by atoms with Crippen LogP contribution in [0.15, 0.2) is 42.7 Å². The van der Waals surface area contributed by atoms with Gasteiger partial charge in [0, 0.05) is 23.4 Å². The number of aryl methyl sites for hydroxylation is 1. The van der Waals surface area contributed by atoms with E-state index in [1.807, 2.05) is 42.7 Å². The fraction of sp³-hybridized carbons (Fsp3) is 0.286. The Kier molecular flexibility index (Phi) is 6.72. The maximum absolute atomic E-state index is 12.8. The Balaban J connectivity index is 1.83. The number of amides is 1. The summed E-state index contributed by atoms with van der Waals surface area (Å²) in [6.07, 6.45) is 2.51. The number of rotatable bonds is 8. The minimum Gasteiger partial charge on any atom is -0.493 e. The molecule has 8 heteroatoms. The molecule has 0 aliphatic carbocycles. The molecule has 0 atom stereocenters. The molecule has 3 aromatic rings. The zero-order valence-corrected chi connectivity index (χ0v) is 17.4. The van der Waals surface area contributed by atoms with Crippen LogP contribution in [0.25, 0.3) is 11.4 Å². The average molecular weight is 415 g/mol. The molecule has 0 unspecified atom stereocenters. The van der Waals surface area contributed by atoms with Crippen LogP contribution in [-0.4, -0.2) is 34.4 Å². The van der Waals surface area contributed by atoms with Crippen molar-refractivity contribution in [2.75, 3.05) is 19.0 Å². The molecule has 1 N–H and O–H groups in total. The summed E-state index contributed by atoms with van der Waals surface area (Å²) in [4.78, 5) is 12.8. The second kappa shape index (κ2) is 9.43. The first kappa shape index (κ1) is 20.7. The lowest BCUT2D eigenvalue weighted by Crippen LogP contribution is -2.12. The number of benzene rings is 2. The smallest absolute Gasteiger partial charge is 0.255 e. The molecule has 0 radical (unpaired) electrons. The molecule has 0 aliphatic rings. The molecule has 29 heavy (non-hydrogen) atoms. The van der Waals surface area contributed by atoms with Crippen molar-refractivity contribution in [3.05, 3.63) is 53.3 Å². The molecule has 0 aliphatic heterocycles. The topological polar surface area (TPSA) is 78.3 Å². The van der Waals surface area contributed by atoms with Gasteiger partial charge in [-0.1, -0.05) is 30.7 Å². The highest BCUT2D eigenvalue weighted by atomic mass is 35.5. The number of halogens is 1. The molecule has 3 rings (SSSR count). The summed E-state index contributed by atoms with van der Waals surface area (Å²) in [5, 5.41) is 11.3. The zero-order chi connectivity index (χ0) is 20.8. The van der Waals surface area contributed by atoms with Gasteiger partial charge in [-0.2, -0.15) is 0 Å². The first-order valence-corrected chi connectivity index (χ1v) is 9.75. The molecule has 0 saturated heterocycles. The molecule has 1 amide bonds. The summed E-state index contributed by atoms with van der Waals surface area (Å²) in [6.45, 7) is 5.28. The molecule has 7 nitrogen and oxygen atoms in total. The lowest BCUT2D eigenvalue weighted by atomic mass is 10.1. The van der Waals surface area contributed by atoms with Gasteiger partial charge in [0.2, 0.25) is 0 Å². The minimum absolute atomic E-state index is 0.304. The van der Waals surface area contributed by atoms with Gasteiger partial charge in [0.25, 0.3) is 5.91 Å². The highest BCUT2D eigenvalue weighted by Crippen LogP contribution is 2.36. The second-order valence-corrected chi connectivity index (χ2v) is 6.72. The van der Waals surface area contributed by atoms with Crippen LogP contribution in [0.5, 0.6) is 11.5 Å². The van der Waals surface area contributed by atoms with Gasteiger partial charge in [0.05, 0.1) is 18.7 Å². The number of methoxy groups -OCH3 is 1. The molecular weight excluding hydrogens is 392 g/mol. The summed E-state index contributed by atoms with van der Waals surface area (Å²) < 4.78 is 12.9. The first-order valence-electron chi connectivity index (χ1n) is 9.37. The third-order valence-electron chi connectivity index (χ3n) is 4.28. The van der Waals surface area contributed by atoms with E-state index in [4.69, 9.17) is 21.1 Å². The molecule has 1 heterocycles. The SMILES string of the molecule is CCCOc1c(Cl)cc(C(=O)Nc2cccc(-c3nncn3CC)c2)cc1OC. The number of anilines is 1. The molecule has 0 spiro atoms. The van der Waals surface area contributed by atoms with Gasteiger partial charge in [0.15, 0.2) is 17.3 Å². The molecule has 1 aromatic heterocycles. The Bertz CT molecular complexity index is 1000. The number of ether oxygens (including phenoxy) is 2. The standard InChI is InChI=1S/C21H23ClN4O3/c1-4-9-29-19-17(22)11-15(12-18(19)28-3)21(27)24-16-8-6-7-14(10-16)20-25-23-13-26(20)5-2/h6-8,10-13H,4-5,9H2,1-3H3,(H,24,27). The Labute approximate surface area is 174 Å². The molecule has 152 valence electrons. The number of carbonyl (C=O) groups excluding carboxylic acids is 1. The first-order chi connectivity index (χ1) is 14.1. The Morgan fingerprint density at radius 3 is 2.79 bits per heavy atom. The summed E-state index contributed by atoms with van der Waals surface area (Å²) in [5.74, 6) is 1.29. The van der Waals surface area contributed by atoms with Crippen molar-refractivity contribution in [2.45, 2.75) is 26.8 Å². The van der Waals surface area contributed by atoms with Crippen LogP contribution in [0, 0.1) is 0 Å². The van der Waals surface area contributed by atoms with E-state index in [1.54, 1.807) is 18.5 Å². The van der Waals surface area contributed by atoms with Crippen LogP contribution in [0.4, 0.5) is 5.69 Å². The zero-order valence-electron chi connectivity index (χ0n) is 16.6. The van der Waals surface area contributed by atoms with Gasteiger partial charge < -0.3 is 19.4 Å². The monoisotopic (exact) mass is 414 g/mol. The predicted molar refractivity (Wildman–Crippen MR) is 113 cm³/mol. The lowest BCUT2D eigenvalue weighted by Gasteiger charge is -2.14. The number of hydrogen-bond donors (Lipinski definition) is 1. The molecule has 0 fully saturated rings. The second-order valence-electron chi connectivity index (χ2n) is 6.31. The molecule has 0 bridgehead atoms. The highest BCUT2D eigenvalue weighted by Gasteiger charge is 2.16. The largest absolute Gasteiger partial charge is 0.493 e. The van der Waals surface area contributed by atoms with Gasteiger partial charge in [-0.05, 0) is 37.6 Å². The molecule has 2 aromatic carbocycles. The van der Waals surface area contributed by atoms with Crippen molar-refractivity contribution in [3.63, 3.8) is 0 Å². The quantitative estimate of drug-likeness (QED) is 0.579. The van der Waals surface area contributed by atoms with Crippen LogP contribution in [0.1, 0.15) is 30.6 Å². The van der Waals surface area contributed by atoms with Crippen molar-refractivity contribution in [1.29, 1.82) is 0 Å². The summed E-state index contributed by atoms with van der Waals surface area (Å²) >= 11 is 6.32. The van der Waals surface area contributed by atoms with E-state index in [2.05, 4.69) is 15.5 Å².